The molecule has 0 spiro atoms. The Morgan fingerprint density at radius 1 is 0.778 bits per heavy atom. The molecule has 0 aliphatic heterocycles. The van der Waals surface area contributed by atoms with Crippen LogP contribution in [-0.2, 0) is 11.5 Å². The van der Waals surface area contributed by atoms with E-state index < -0.39 is 0 Å². The molecule has 0 saturated carbocycles. The summed E-state index contributed by atoms with van der Waals surface area (Å²) in [5.74, 6) is 1.20. The first-order chi connectivity index (χ1) is 13.3. The standard InChI is InChI=1S/C20H12N4S3/c21-9-14-5-1-3-7-16(14)12-25-19-18(11-23)20(27-24-19)26-13-17-8-4-2-6-15(17)10-22/h1-8H,12-13H2. The highest BCUT2D eigenvalue weighted by Gasteiger charge is 2.16. The van der Waals surface area contributed by atoms with Gasteiger partial charge in [0.25, 0.3) is 0 Å². The molecule has 0 N–H and O–H groups in total. The largest absolute Gasteiger partial charge is 0.192 e. The molecule has 0 bridgehead atoms. The summed E-state index contributed by atoms with van der Waals surface area (Å²) in [4.78, 5) is 0. The molecule has 0 aliphatic carbocycles. The summed E-state index contributed by atoms with van der Waals surface area (Å²) in [6.07, 6.45) is 0. The molecule has 0 amide bonds. The molecular weight excluding hydrogens is 392 g/mol. The van der Waals surface area contributed by atoms with Gasteiger partial charge in [-0.3, -0.25) is 0 Å². The Kier molecular flexibility index (Phi) is 6.52. The van der Waals surface area contributed by atoms with Crippen LogP contribution in [0.4, 0.5) is 0 Å². The summed E-state index contributed by atoms with van der Waals surface area (Å²) >= 11 is 4.29. The Bertz CT molecular complexity index is 1000. The van der Waals surface area contributed by atoms with E-state index in [0.29, 0.717) is 33.2 Å². The molecular formula is C20H12N4S3. The molecule has 3 rings (SSSR count). The van der Waals surface area contributed by atoms with Crippen LogP contribution in [0.5, 0.6) is 0 Å². The summed E-state index contributed by atoms with van der Waals surface area (Å²) in [5.41, 5.74) is 3.73. The number of benzene rings is 2. The summed E-state index contributed by atoms with van der Waals surface area (Å²) < 4.78 is 5.27. The van der Waals surface area contributed by atoms with E-state index in [0.717, 1.165) is 15.3 Å². The number of thioether (sulfide) groups is 2. The molecule has 1 aromatic heterocycles. The summed E-state index contributed by atoms with van der Waals surface area (Å²) in [5, 5.41) is 28.6. The van der Waals surface area contributed by atoms with Crippen LogP contribution < -0.4 is 0 Å². The number of nitriles is 3. The van der Waals surface area contributed by atoms with Crippen molar-refractivity contribution in [2.75, 3.05) is 0 Å². The highest BCUT2D eigenvalue weighted by Crippen LogP contribution is 2.37. The number of aromatic nitrogens is 1. The number of nitrogens with zero attached hydrogens (tertiary/aromatic N) is 4. The first-order valence-corrected chi connectivity index (χ1v) is 10.6. The lowest BCUT2D eigenvalue weighted by Gasteiger charge is -2.03. The zero-order chi connectivity index (χ0) is 19.1. The van der Waals surface area contributed by atoms with Crippen LogP contribution in [0.15, 0.2) is 57.8 Å². The van der Waals surface area contributed by atoms with Gasteiger partial charge in [-0.25, -0.2) is 0 Å². The fourth-order valence-corrected chi connectivity index (χ4v) is 5.45. The molecule has 0 saturated heterocycles. The van der Waals surface area contributed by atoms with Gasteiger partial charge in [0.1, 0.15) is 16.7 Å². The van der Waals surface area contributed by atoms with E-state index in [2.05, 4.69) is 22.6 Å². The molecule has 27 heavy (non-hydrogen) atoms. The van der Waals surface area contributed by atoms with Crippen molar-refractivity contribution in [3.8, 4) is 18.2 Å². The van der Waals surface area contributed by atoms with E-state index >= 15 is 0 Å². The summed E-state index contributed by atoms with van der Waals surface area (Å²) in [6, 6.07) is 21.5. The molecule has 1 heterocycles. The average Bonchev–Trinajstić information content (AvgIpc) is 3.12. The fraction of sp³-hybridized carbons (Fsp3) is 0.100. The average molecular weight is 405 g/mol. The van der Waals surface area contributed by atoms with Crippen LogP contribution >= 0.6 is 35.1 Å². The topological polar surface area (TPSA) is 84.3 Å². The maximum absolute atomic E-state index is 9.57. The van der Waals surface area contributed by atoms with E-state index in [1.807, 2.05) is 36.4 Å². The van der Waals surface area contributed by atoms with E-state index in [-0.39, 0.29) is 0 Å². The second kappa shape index (κ2) is 9.26. The predicted octanol–water partition coefficient (Wildman–Crippen LogP) is 5.34. The van der Waals surface area contributed by atoms with Crippen LogP contribution in [0, 0.1) is 34.0 Å². The molecule has 0 unspecified atom stereocenters. The van der Waals surface area contributed by atoms with Crippen molar-refractivity contribution in [2.24, 2.45) is 0 Å². The Labute approximate surface area is 170 Å². The Balaban J connectivity index is 1.73. The third-order valence-corrected chi connectivity index (χ3v) is 7.02. The SMILES string of the molecule is N#Cc1ccccc1CSc1nsc(SCc2ccccc2C#N)c1C#N. The molecule has 0 aliphatic rings. The van der Waals surface area contributed by atoms with Gasteiger partial charge in [0.2, 0.25) is 0 Å². The van der Waals surface area contributed by atoms with Crippen LogP contribution in [-0.4, -0.2) is 4.37 Å². The molecule has 7 heteroatoms. The molecule has 0 atom stereocenters. The molecule has 0 radical (unpaired) electrons. The zero-order valence-electron chi connectivity index (χ0n) is 14.0. The zero-order valence-corrected chi connectivity index (χ0v) is 16.5. The van der Waals surface area contributed by atoms with E-state index in [9.17, 15) is 15.8 Å². The Hall–Kier alpha value is -2.76. The van der Waals surface area contributed by atoms with Crippen LogP contribution in [0.3, 0.4) is 0 Å². The van der Waals surface area contributed by atoms with Crippen molar-refractivity contribution in [1.82, 2.24) is 4.37 Å². The first kappa shape index (κ1) is 19.0. The molecule has 4 nitrogen and oxygen atoms in total. The van der Waals surface area contributed by atoms with E-state index in [4.69, 9.17) is 0 Å². The van der Waals surface area contributed by atoms with Crippen molar-refractivity contribution in [3.63, 3.8) is 0 Å². The number of hydrogen-bond acceptors (Lipinski definition) is 7. The predicted molar refractivity (Wildman–Crippen MR) is 108 cm³/mol. The van der Waals surface area contributed by atoms with Gasteiger partial charge in [-0.2, -0.15) is 20.2 Å². The number of hydrogen-bond donors (Lipinski definition) is 0. The molecule has 130 valence electrons. The fourth-order valence-electron chi connectivity index (χ4n) is 2.35. The van der Waals surface area contributed by atoms with Crippen LogP contribution in [0.2, 0.25) is 0 Å². The molecule has 2 aromatic carbocycles. The summed E-state index contributed by atoms with van der Waals surface area (Å²) in [7, 11) is 0. The first-order valence-electron chi connectivity index (χ1n) is 7.88. The third-order valence-electron chi connectivity index (χ3n) is 3.74. The minimum absolute atomic E-state index is 0.568. The van der Waals surface area contributed by atoms with Gasteiger partial charge < -0.3 is 0 Å². The monoisotopic (exact) mass is 404 g/mol. The van der Waals surface area contributed by atoms with E-state index in [1.165, 1.54) is 35.1 Å². The Morgan fingerprint density at radius 2 is 1.33 bits per heavy atom. The van der Waals surface area contributed by atoms with Gasteiger partial charge >= 0.3 is 0 Å². The van der Waals surface area contributed by atoms with E-state index in [1.54, 1.807) is 12.1 Å². The minimum Gasteiger partial charge on any atom is -0.192 e. The van der Waals surface area contributed by atoms with Gasteiger partial charge in [-0.1, -0.05) is 48.2 Å². The molecule has 3 aromatic rings. The number of rotatable bonds is 6. The van der Waals surface area contributed by atoms with Crippen LogP contribution in [0.1, 0.15) is 27.8 Å². The lowest BCUT2D eigenvalue weighted by Crippen LogP contribution is -1.88. The van der Waals surface area contributed by atoms with Crippen molar-refractivity contribution in [2.45, 2.75) is 20.7 Å². The maximum atomic E-state index is 9.57. The third kappa shape index (κ3) is 4.51. The van der Waals surface area contributed by atoms with Gasteiger partial charge in [0, 0.05) is 11.5 Å². The Morgan fingerprint density at radius 3 is 1.89 bits per heavy atom. The highest BCUT2D eigenvalue weighted by atomic mass is 32.2. The van der Waals surface area contributed by atoms with Gasteiger partial charge in [-0.15, -0.1) is 11.8 Å². The van der Waals surface area contributed by atoms with Crippen LogP contribution in [0.25, 0.3) is 0 Å². The smallest absolute Gasteiger partial charge is 0.129 e. The normalized spacial score (nSPS) is 9.96. The second-order valence-corrected chi connectivity index (χ2v) is 8.36. The molecule has 0 fully saturated rings. The van der Waals surface area contributed by atoms with Crippen molar-refractivity contribution < 1.29 is 0 Å². The van der Waals surface area contributed by atoms with Crippen molar-refractivity contribution in [3.05, 3.63) is 76.3 Å². The quantitative estimate of drug-likeness (QED) is 0.515. The maximum Gasteiger partial charge on any atom is 0.129 e. The second-order valence-electron chi connectivity index (χ2n) is 5.38. The van der Waals surface area contributed by atoms with Gasteiger partial charge in [0.15, 0.2) is 0 Å². The van der Waals surface area contributed by atoms with Crippen molar-refractivity contribution in [1.29, 1.82) is 15.8 Å². The van der Waals surface area contributed by atoms with Crippen molar-refractivity contribution >= 4 is 35.1 Å². The summed E-state index contributed by atoms with van der Waals surface area (Å²) in [6.45, 7) is 0. The van der Waals surface area contributed by atoms with Gasteiger partial charge in [-0.05, 0) is 34.8 Å². The lowest BCUT2D eigenvalue weighted by atomic mass is 10.1. The lowest BCUT2D eigenvalue weighted by molar-refractivity contribution is 1.22. The van der Waals surface area contributed by atoms with Gasteiger partial charge in [0.05, 0.1) is 27.5 Å². The highest BCUT2D eigenvalue weighted by molar-refractivity contribution is 8.00. The minimum atomic E-state index is 0.568.